The third-order valence-electron chi connectivity index (χ3n) is 15.1. The van der Waals surface area contributed by atoms with Crippen LogP contribution in [0.2, 0.25) is 0 Å². The second kappa shape index (κ2) is 27.0. The molecule has 3 heterocycles. The number of methoxy groups -OCH3 is 4. The number of hydrogen-bond acceptors (Lipinski definition) is 13. The molecule has 1 saturated carbocycles. The minimum atomic E-state index is -2.41. The van der Waals surface area contributed by atoms with Crippen LogP contribution in [0.1, 0.15) is 126 Å². The van der Waals surface area contributed by atoms with Gasteiger partial charge in [0.15, 0.2) is 5.78 Å². The van der Waals surface area contributed by atoms with Gasteiger partial charge in [0.25, 0.3) is 11.7 Å². The lowest BCUT2D eigenvalue weighted by Crippen LogP contribution is -2.61. The Morgan fingerprint density at radius 3 is 2.25 bits per heavy atom. The normalized spacial score (nSPS) is 40.0. The number of aliphatic hydroxyl groups is 2. The first kappa shape index (κ1) is 56.9. The Kier molecular flexibility index (Phi) is 22.6. The van der Waals surface area contributed by atoms with Gasteiger partial charge in [0.2, 0.25) is 5.79 Å². The molecule has 4 aliphatic rings. The van der Waals surface area contributed by atoms with Gasteiger partial charge in [-0.1, -0.05) is 76.2 Å². The second-order valence-corrected chi connectivity index (χ2v) is 20.2. The number of esters is 1. The van der Waals surface area contributed by atoms with E-state index in [1.54, 1.807) is 35.2 Å². The van der Waals surface area contributed by atoms with E-state index in [1.165, 1.54) is 12.0 Å². The third-order valence-corrected chi connectivity index (χ3v) is 15.1. The van der Waals surface area contributed by atoms with Gasteiger partial charge in [0.1, 0.15) is 24.4 Å². The molecule has 0 aromatic carbocycles. The molecule has 2 N–H and O–H groups in total. The number of carbonyl (C=O) groups excluding carboxylic acids is 4. The number of azide groups is 1. The lowest BCUT2D eigenvalue weighted by molar-refractivity contribution is -0.265. The van der Waals surface area contributed by atoms with Crippen LogP contribution < -0.4 is 0 Å². The Morgan fingerprint density at radius 1 is 0.868 bits per heavy atom. The van der Waals surface area contributed by atoms with Crippen LogP contribution in [0.4, 0.5) is 0 Å². The van der Waals surface area contributed by atoms with Crippen molar-refractivity contribution in [1.29, 1.82) is 0 Å². The highest BCUT2D eigenvalue weighted by atomic mass is 16.6. The van der Waals surface area contributed by atoms with E-state index in [9.17, 15) is 29.4 Å². The number of fused-ring (bicyclic) bond motifs is 3. The number of piperidine rings is 1. The van der Waals surface area contributed by atoms with E-state index in [-0.39, 0.29) is 61.0 Å². The van der Waals surface area contributed by atoms with Gasteiger partial charge in [-0.15, -0.1) is 0 Å². The largest absolute Gasteiger partial charge is 0.460 e. The number of nitrogens with zero attached hydrogens (tertiary/aromatic N) is 4. The second-order valence-electron chi connectivity index (χ2n) is 20.2. The van der Waals surface area contributed by atoms with Gasteiger partial charge in [0.05, 0.1) is 30.5 Å². The quantitative estimate of drug-likeness (QED) is 0.0592. The van der Waals surface area contributed by atoms with Crippen molar-refractivity contribution in [2.75, 3.05) is 35.0 Å². The van der Waals surface area contributed by atoms with Crippen LogP contribution in [-0.2, 0) is 47.6 Å². The molecular weight excluding hydrogens is 873 g/mol. The van der Waals surface area contributed by atoms with Gasteiger partial charge in [-0.2, -0.15) is 0 Å². The molecule has 3 aliphatic heterocycles. The first-order valence-corrected chi connectivity index (χ1v) is 24.9. The van der Waals surface area contributed by atoms with Crippen LogP contribution in [0.15, 0.2) is 52.7 Å². The first-order valence-electron chi connectivity index (χ1n) is 24.9. The van der Waals surface area contributed by atoms with Crippen molar-refractivity contribution in [1.82, 2.24) is 4.90 Å². The molecule has 16 atom stereocenters. The summed E-state index contributed by atoms with van der Waals surface area (Å²) in [6.45, 7) is 13.3. The fraction of sp³-hybridized carbons (Fsp3) is 0.769. The summed E-state index contributed by atoms with van der Waals surface area (Å²) >= 11 is 0. The Balaban J connectivity index is 1.73. The van der Waals surface area contributed by atoms with E-state index in [0.29, 0.717) is 63.4 Å². The molecular formula is C52H82N4O12. The number of aliphatic hydroxyl groups excluding tert-OH is 1. The number of carbonyl (C=O) groups is 4. The maximum Gasteiger partial charge on any atom is 0.329 e. The Labute approximate surface area is 404 Å². The summed E-state index contributed by atoms with van der Waals surface area (Å²) in [5, 5.41) is 27.6. The summed E-state index contributed by atoms with van der Waals surface area (Å²) in [5.41, 5.74) is 10.6. The zero-order valence-corrected chi connectivity index (χ0v) is 42.6. The molecule has 16 heteroatoms. The first-order chi connectivity index (χ1) is 32.3. The molecule has 2 saturated heterocycles. The highest BCUT2D eigenvalue weighted by molar-refractivity contribution is 6.39. The molecule has 0 aromatic heterocycles. The van der Waals surface area contributed by atoms with Crippen LogP contribution in [0, 0.1) is 35.5 Å². The van der Waals surface area contributed by atoms with E-state index in [2.05, 4.69) is 10.0 Å². The summed E-state index contributed by atoms with van der Waals surface area (Å²) in [5.74, 6) is -6.81. The minimum Gasteiger partial charge on any atom is -0.460 e. The molecule has 0 aromatic rings. The highest BCUT2D eigenvalue weighted by Gasteiger charge is 2.53. The van der Waals surface area contributed by atoms with Crippen LogP contribution in [0.25, 0.3) is 10.4 Å². The SMILES string of the molecule is CO[C@H]1C[C@@H]2CC[C@@H](C)[C@@](O)(O2)C(=O)C(=O)N2CCCC[C@H]2C(=O)O[C@H]([C@H](C)C[C@@H]2CC[C@H](N=[N+]=[N-])[C@H](OC)C2)C[C@@H](OC)[C@H](C)/C=C(\C)[C@@H](O)[C@@H](OC)C(=O)[C@H](C)C[C@H](C)/C=C/C=C/C=C/1C. The molecule has 16 nitrogen and oxygen atoms in total. The van der Waals surface area contributed by atoms with Crippen LogP contribution in [-0.4, -0.2) is 134 Å². The molecule has 3 fully saturated rings. The van der Waals surface area contributed by atoms with Gasteiger partial charge < -0.3 is 43.5 Å². The van der Waals surface area contributed by atoms with E-state index < -0.39 is 77.9 Å². The fourth-order valence-electron chi connectivity index (χ4n) is 10.8. The predicted molar refractivity (Wildman–Crippen MR) is 258 cm³/mol. The number of ether oxygens (including phenoxy) is 6. The minimum absolute atomic E-state index is 0.0405. The molecule has 0 spiro atoms. The average Bonchev–Trinajstić information content (AvgIpc) is 3.32. The van der Waals surface area contributed by atoms with Crippen LogP contribution in [0.5, 0.6) is 0 Å². The number of amides is 1. The summed E-state index contributed by atoms with van der Waals surface area (Å²) in [6.07, 6.45) is 12.9. The third kappa shape index (κ3) is 14.9. The van der Waals surface area contributed by atoms with Crippen molar-refractivity contribution in [2.45, 2.75) is 186 Å². The van der Waals surface area contributed by atoms with Crippen molar-refractivity contribution in [3.63, 3.8) is 0 Å². The smallest absolute Gasteiger partial charge is 0.329 e. The highest BCUT2D eigenvalue weighted by Crippen LogP contribution is 2.38. The number of ketones is 2. The van der Waals surface area contributed by atoms with Crippen molar-refractivity contribution in [3.05, 3.63) is 58.0 Å². The van der Waals surface area contributed by atoms with Crippen molar-refractivity contribution in [3.8, 4) is 0 Å². The molecule has 0 radical (unpaired) electrons. The lowest BCUT2D eigenvalue weighted by Gasteiger charge is -2.43. The number of rotatable bonds is 8. The van der Waals surface area contributed by atoms with Crippen LogP contribution in [0.3, 0.4) is 0 Å². The van der Waals surface area contributed by atoms with Gasteiger partial charge in [-0.25, -0.2) is 4.79 Å². The molecule has 1 amide bonds. The Morgan fingerprint density at radius 2 is 1.59 bits per heavy atom. The maximum absolute atomic E-state index is 14.6. The van der Waals surface area contributed by atoms with Crippen LogP contribution >= 0.6 is 0 Å². The van der Waals surface area contributed by atoms with Crippen molar-refractivity contribution < 1.29 is 57.8 Å². The van der Waals surface area contributed by atoms with Crippen molar-refractivity contribution >= 4 is 23.4 Å². The van der Waals surface area contributed by atoms with E-state index >= 15 is 0 Å². The summed E-state index contributed by atoms with van der Waals surface area (Å²) < 4.78 is 36.0. The summed E-state index contributed by atoms with van der Waals surface area (Å²) in [6, 6.07) is -1.36. The monoisotopic (exact) mass is 955 g/mol. The predicted octanol–water partition coefficient (Wildman–Crippen LogP) is 7.94. The number of Topliss-reactive ketones (excluding diaryl/α,β-unsaturated/α-hetero) is 2. The van der Waals surface area contributed by atoms with Gasteiger partial charge in [0, 0.05) is 70.5 Å². The Hall–Kier alpha value is -3.73. The zero-order chi connectivity index (χ0) is 50.3. The summed E-state index contributed by atoms with van der Waals surface area (Å²) in [7, 11) is 6.20. The number of cyclic esters (lactones) is 1. The number of hydrogen-bond donors (Lipinski definition) is 2. The molecule has 1 aliphatic carbocycles. The molecule has 2 bridgehead atoms. The van der Waals surface area contributed by atoms with E-state index in [4.69, 9.17) is 34.0 Å². The van der Waals surface area contributed by atoms with E-state index in [1.807, 2.05) is 71.1 Å². The Bertz CT molecular complexity index is 1860. The van der Waals surface area contributed by atoms with Gasteiger partial charge >= 0.3 is 5.97 Å². The average molecular weight is 955 g/mol. The maximum atomic E-state index is 14.6. The molecule has 68 heavy (non-hydrogen) atoms. The number of allylic oxidation sites excluding steroid dienone is 5. The standard InChI is InChI=1S/C52H82N4O12/c1-31-17-13-12-14-18-32(2)42(63-8)29-39-22-20-37(7)52(62,68-39)49(59)50(60)56-24-16-15-19-41(56)51(61)67-44(34(4)27-38-21-23-40(54-55-53)45(28-38)65-10)30-43(64-9)33(3)26-36(6)47(58)48(66-11)46(57)35(5)25-31/h12-14,17-18,26,31,33-35,37-45,47-48,58,62H,15-16,19-25,27-30H2,1-11H3/b14-12+,17-13+,32-18+,36-26+/t31-,33-,34-,35-,37-,38+,39+,40+,41+,42+,43-,44+,45-,47-,48+,52-/m1/s1. The topological polar surface area (TPSA) is 216 Å². The molecule has 382 valence electrons. The van der Waals surface area contributed by atoms with Crippen molar-refractivity contribution in [2.24, 2.45) is 40.6 Å². The fourth-order valence-corrected chi connectivity index (χ4v) is 10.8. The lowest BCUT2D eigenvalue weighted by atomic mass is 9.77. The molecule has 0 unspecified atom stereocenters. The van der Waals surface area contributed by atoms with Gasteiger partial charge in [-0.05, 0) is 112 Å². The molecule has 4 rings (SSSR count). The zero-order valence-electron chi connectivity index (χ0n) is 42.6. The van der Waals surface area contributed by atoms with E-state index in [0.717, 1.165) is 12.0 Å². The summed E-state index contributed by atoms with van der Waals surface area (Å²) in [4.78, 5) is 61.3. The van der Waals surface area contributed by atoms with Gasteiger partial charge in [-0.3, -0.25) is 14.4 Å².